The van der Waals surface area contributed by atoms with E-state index < -0.39 is 5.97 Å². The second-order valence-corrected chi connectivity index (χ2v) is 6.75. The Balaban J connectivity index is 2.01. The molecular weight excluding hydrogens is 308 g/mol. The maximum atomic E-state index is 11.5. The predicted molar refractivity (Wildman–Crippen MR) is 85.4 cm³/mol. The highest BCUT2D eigenvalue weighted by Gasteiger charge is 2.42. The minimum atomic E-state index is -0.879. The van der Waals surface area contributed by atoms with Gasteiger partial charge in [0.2, 0.25) is 0 Å². The van der Waals surface area contributed by atoms with Crippen LogP contribution in [0.2, 0.25) is 5.02 Å². The highest BCUT2D eigenvalue weighted by molar-refractivity contribution is 8.18. The number of benzene rings is 1. The van der Waals surface area contributed by atoms with Gasteiger partial charge in [0.25, 0.3) is 0 Å². The number of hydrogen-bond donors (Lipinski definition) is 1. The van der Waals surface area contributed by atoms with E-state index in [2.05, 4.69) is 9.89 Å². The number of aliphatic imine (C=N–C) groups is 1. The highest BCUT2D eigenvalue weighted by Crippen LogP contribution is 2.46. The Morgan fingerprint density at radius 3 is 2.67 bits per heavy atom. The molecule has 0 fully saturated rings. The van der Waals surface area contributed by atoms with Gasteiger partial charge in [0.1, 0.15) is 4.91 Å². The third kappa shape index (κ3) is 2.45. The average molecular weight is 323 g/mol. The van der Waals surface area contributed by atoms with Crippen LogP contribution in [0.1, 0.15) is 25.5 Å². The van der Waals surface area contributed by atoms with Crippen LogP contribution >= 0.6 is 23.4 Å². The first-order valence-corrected chi connectivity index (χ1v) is 7.93. The molecular formula is C15H15ClN2O2S. The van der Waals surface area contributed by atoms with E-state index in [1.165, 1.54) is 11.8 Å². The van der Waals surface area contributed by atoms with Crippen molar-refractivity contribution < 1.29 is 9.90 Å². The quantitative estimate of drug-likeness (QED) is 0.920. The topological polar surface area (TPSA) is 52.9 Å². The second-order valence-electron chi connectivity index (χ2n) is 5.34. The van der Waals surface area contributed by atoms with Crippen molar-refractivity contribution in [2.75, 3.05) is 6.54 Å². The number of carboxylic acid groups (broad SMARTS) is 1. The number of rotatable bonds is 3. The van der Waals surface area contributed by atoms with E-state index in [1.807, 2.05) is 38.1 Å². The molecule has 1 N–H and O–H groups in total. The van der Waals surface area contributed by atoms with E-state index in [0.717, 1.165) is 16.4 Å². The Morgan fingerprint density at radius 1 is 1.43 bits per heavy atom. The summed E-state index contributed by atoms with van der Waals surface area (Å²) in [4.78, 5) is 18.4. The van der Waals surface area contributed by atoms with E-state index >= 15 is 0 Å². The molecule has 1 atom stereocenters. The lowest BCUT2D eigenvalue weighted by atomic mass is 10.0. The Bertz CT molecular complexity index is 652. The number of nitrogens with zero attached hydrogens (tertiary/aromatic N) is 2. The Hall–Kier alpha value is -1.46. The van der Waals surface area contributed by atoms with Crippen LogP contribution in [-0.4, -0.2) is 27.7 Å². The lowest BCUT2D eigenvalue weighted by Crippen LogP contribution is -2.28. The van der Waals surface area contributed by atoms with Gasteiger partial charge in [-0.25, -0.2) is 4.79 Å². The Labute approximate surface area is 132 Å². The van der Waals surface area contributed by atoms with Crippen LogP contribution in [0.3, 0.4) is 0 Å². The molecule has 3 rings (SSSR count). The Morgan fingerprint density at radius 2 is 2.10 bits per heavy atom. The minimum Gasteiger partial charge on any atom is -0.477 e. The van der Waals surface area contributed by atoms with Gasteiger partial charge in [0.15, 0.2) is 5.17 Å². The molecule has 0 bridgehead atoms. The van der Waals surface area contributed by atoms with Crippen molar-refractivity contribution in [2.24, 2.45) is 10.9 Å². The maximum Gasteiger partial charge on any atom is 0.344 e. The summed E-state index contributed by atoms with van der Waals surface area (Å²) in [6.07, 6.45) is 0. The summed E-state index contributed by atoms with van der Waals surface area (Å²) in [5.74, 6) is -0.750. The van der Waals surface area contributed by atoms with Crippen molar-refractivity contribution in [1.82, 2.24) is 4.90 Å². The zero-order chi connectivity index (χ0) is 15.1. The molecule has 2 heterocycles. The molecule has 2 aliphatic heterocycles. The maximum absolute atomic E-state index is 11.5. The molecule has 1 aromatic rings. The number of hydrogen-bond acceptors (Lipinski definition) is 4. The number of thioether (sulfide) groups is 1. The number of aliphatic carboxylic acids is 1. The van der Waals surface area contributed by atoms with Crippen molar-refractivity contribution >= 4 is 34.5 Å². The fourth-order valence-electron chi connectivity index (χ4n) is 2.69. The summed E-state index contributed by atoms with van der Waals surface area (Å²) >= 11 is 7.20. The number of carbonyl (C=O) groups is 1. The molecule has 0 aliphatic carbocycles. The summed E-state index contributed by atoms with van der Waals surface area (Å²) in [5, 5.41) is 10.9. The van der Waals surface area contributed by atoms with Gasteiger partial charge in [-0.3, -0.25) is 4.99 Å². The standard InChI is InChI=1S/C15H15ClN2O2S/c1-8(2)12-13(14(19)20)21-15-17-7-11(18(12)15)9-3-5-10(16)6-4-9/h3-6,8,11H,7H2,1-2H3,(H,19,20)/t11-/m0/s1. The van der Waals surface area contributed by atoms with Crippen LogP contribution in [0, 0.1) is 5.92 Å². The summed E-state index contributed by atoms with van der Waals surface area (Å²) in [7, 11) is 0. The molecule has 0 saturated carbocycles. The van der Waals surface area contributed by atoms with Crippen molar-refractivity contribution in [2.45, 2.75) is 19.9 Å². The SMILES string of the molecule is CC(C)C1=C(C(=O)O)SC2=NC[C@@H](c3ccc(Cl)cc3)N21. The van der Waals surface area contributed by atoms with Crippen molar-refractivity contribution in [3.8, 4) is 0 Å². The van der Waals surface area contributed by atoms with Gasteiger partial charge in [-0.2, -0.15) is 0 Å². The smallest absolute Gasteiger partial charge is 0.344 e. The Kier molecular flexibility index (Phi) is 3.71. The van der Waals surface area contributed by atoms with Crippen molar-refractivity contribution in [1.29, 1.82) is 0 Å². The molecule has 2 aliphatic rings. The van der Waals surface area contributed by atoms with Gasteiger partial charge in [0, 0.05) is 10.7 Å². The molecule has 0 unspecified atom stereocenters. The van der Waals surface area contributed by atoms with Crippen molar-refractivity contribution in [3.63, 3.8) is 0 Å². The van der Waals surface area contributed by atoms with Gasteiger partial charge >= 0.3 is 5.97 Å². The fourth-order valence-corrected chi connectivity index (χ4v) is 3.99. The van der Waals surface area contributed by atoms with E-state index in [-0.39, 0.29) is 12.0 Å². The highest BCUT2D eigenvalue weighted by atomic mass is 35.5. The molecule has 110 valence electrons. The lowest BCUT2D eigenvalue weighted by molar-refractivity contribution is -0.131. The van der Waals surface area contributed by atoms with Gasteiger partial charge in [-0.15, -0.1) is 0 Å². The largest absolute Gasteiger partial charge is 0.477 e. The van der Waals surface area contributed by atoms with E-state index in [1.54, 1.807) is 0 Å². The number of carboxylic acids is 1. The summed E-state index contributed by atoms with van der Waals surface area (Å²) in [6, 6.07) is 7.72. The average Bonchev–Trinajstić information content (AvgIpc) is 2.97. The van der Waals surface area contributed by atoms with Crippen LogP contribution < -0.4 is 0 Å². The minimum absolute atomic E-state index is 0.0546. The molecule has 0 spiro atoms. The molecule has 4 nitrogen and oxygen atoms in total. The van der Waals surface area contributed by atoms with Gasteiger partial charge in [-0.05, 0) is 35.4 Å². The molecule has 0 aromatic heterocycles. The fraction of sp³-hybridized carbons (Fsp3) is 0.333. The van der Waals surface area contributed by atoms with E-state index in [0.29, 0.717) is 16.5 Å². The summed E-state index contributed by atoms with van der Waals surface area (Å²) in [6.45, 7) is 4.67. The molecule has 6 heteroatoms. The molecule has 1 aromatic carbocycles. The predicted octanol–water partition coefficient (Wildman–Crippen LogP) is 3.75. The number of amidine groups is 1. The van der Waals surface area contributed by atoms with Crippen LogP contribution in [0.25, 0.3) is 0 Å². The lowest BCUT2D eigenvalue weighted by Gasteiger charge is -2.28. The molecule has 0 amide bonds. The van der Waals surface area contributed by atoms with Crippen LogP contribution in [0.5, 0.6) is 0 Å². The molecule has 21 heavy (non-hydrogen) atoms. The zero-order valence-electron chi connectivity index (χ0n) is 11.7. The van der Waals surface area contributed by atoms with Gasteiger partial charge < -0.3 is 10.0 Å². The first kappa shape index (κ1) is 14.5. The zero-order valence-corrected chi connectivity index (χ0v) is 13.3. The van der Waals surface area contributed by atoms with Crippen LogP contribution in [0.4, 0.5) is 0 Å². The van der Waals surface area contributed by atoms with Gasteiger partial charge in [-0.1, -0.05) is 37.6 Å². The third-order valence-electron chi connectivity index (χ3n) is 3.60. The molecule has 0 radical (unpaired) electrons. The molecule has 0 saturated heterocycles. The van der Waals surface area contributed by atoms with E-state index in [4.69, 9.17) is 11.6 Å². The first-order valence-electron chi connectivity index (χ1n) is 6.73. The summed E-state index contributed by atoms with van der Waals surface area (Å²) in [5.41, 5.74) is 1.95. The van der Waals surface area contributed by atoms with Gasteiger partial charge in [0.05, 0.1) is 12.6 Å². The number of halogens is 1. The third-order valence-corrected chi connectivity index (χ3v) is 4.95. The number of fused-ring (bicyclic) bond motifs is 1. The van der Waals surface area contributed by atoms with Crippen LogP contribution in [0.15, 0.2) is 39.9 Å². The summed E-state index contributed by atoms with van der Waals surface area (Å²) < 4.78 is 0. The monoisotopic (exact) mass is 322 g/mol. The van der Waals surface area contributed by atoms with Crippen molar-refractivity contribution in [3.05, 3.63) is 45.5 Å². The normalized spacial score (nSPS) is 21.0. The second kappa shape index (κ2) is 5.39. The first-order chi connectivity index (χ1) is 9.99. The number of allylic oxidation sites excluding steroid dienone is 1. The van der Waals surface area contributed by atoms with E-state index in [9.17, 15) is 9.90 Å². The van der Waals surface area contributed by atoms with Crippen LogP contribution in [-0.2, 0) is 4.79 Å².